The first-order chi connectivity index (χ1) is 7.19. The summed E-state index contributed by atoms with van der Waals surface area (Å²) in [6.45, 7) is 3.85. The number of pyridine rings is 1. The molecule has 0 atom stereocenters. The van der Waals surface area contributed by atoms with Gasteiger partial charge in [-0.1, -0.05) is 6.08 Å². The standard InChI is InChI=1S/C9H8N4O2/c1-2-3-11-9-8(13(14)15)4-7(5-10)6-12-9/h2,4,6H,1,3H2,(H,11,12). The predicted molar refractivity (Wildman–Crippen MR) is 54.3 cm³/mol. The van der Waals surface area contributed by atoms with Crippen molar-refractivity contribution in [2.45, 2.75) is 0 Å². The molecule has 1 aromatic heterocycles. The van der Waals surface area contributed by atoms with Crippen LogP contribution in [0.1, 0.15) is 5.56 Å². The highest BCUT2D eigenvalue weighted by Crippen LogP contribution is 2.21. The Bertz CT molecular complexity index is 436. The summed E-state index contributed by atoms with van der Waals surface area (Å²) in [5.74, 6) is 0.138. The van der Waals surface area contributed by atoms with Gasteiger partial charge >= 0.3 is 5.69 Å². The van der Waals surface area contributed by atoms with Gasteiger partial charge in [0.2, 0.25) is 5.82 Å². The molecule has 1 heterocycles. The van der Waals surface area contributed by atoms with Crippen LogP contribution < -0.4 is 5.32 Å². The number of rotatable bonds is 4. The molecule has 1 N–H and O–H groups in total. The molecule has 0 saturated carbocycles. The predicted octanol–water partition coefficient (Wildman–Crippen LogP) is 1.46. The van der Waals surface area contributed by atoms with Crippen molar-refractivity contribution in [2.75, 3.05) is 11.9 Å². The van der Waals surface area contributed by atoms with Crippen molar-refractivity contribution in [2.24, 2.45) is 0 Å². The SMILES string of the molecule is C=CCNc1ncc(C#N)cc1[N+](=O)[O-]. The zero-order valence-corrected chi connectivity index (χ0v) is 7.80. The summed E-state index contributed by atoms with van der Waals surface area (Å²) in [6.07, 6.45) is 2.84. The van der Waals surface area contributed by atoms with E-state index in [0.717, 1.165) is 0 Å². The first-order valence-corrected chi connectivity index (χ1v) is 4.08. The number of nitro groups is 1. The van der Waals surface area contributed by atoms with Crippen LogP contribution in [0.15, 0.2) is 24.9 Å². The monoisotopic (exact) mass is 204 g/mol. The maximum absolute atomic E-state index is 10.6. The average Bonchev–Trinajstić information content (AvgIpc) is 2.26. The number of hydrogen-bond donors (Lipinski definition) is 1. The van der Waals surface area contributed by atoms with Crippen molar-refractivity contribution in [1.29, 1.82) is 5.26 Å². The Morgan fingerprint density at radius 1 is 1.80 bits per heavy atom. The zero-order chi connectivity index (χ0) is 11.3. The summed E-state index contributed by atoms with van der Waals surface area (Å²) in [5.41, 5.74) is -0.0539. The summed E-state index contributed by atoms with van der Waals surface area (Å²) >= 11 is 0. The molecule has 0 aliphatic carbocycles. The zero-order valence-electron chi connectivity index (χ0n) is 7.80. The summed E-state index contributed by atoms with van der Waals surface area (Å²) in [6, 6.07) is 2.97. The van der Waals surface area contributed by atoms with Gasteiger partial charge < -0.3 is 5.32 Å². The second-order valence-electron chi connectivity index (χ2n) is 2.63. The van der Waals surface area contributed by atoms with E-state index in [1.165, 1.54) is 12.3 Å². The van der Waals surface area contributed by atoms with Crippen LogP contribution >= 0.6 is 0 Å². The third kappa shape index (κ3) is 2.51. The van der Waals surface area contributed by atoms with Crippen LogP contribution in [0.2, 0.25) is 0 Å². The quantitative estimate of drug-likeness (QED) is 0.455. The Kier molecular flexibility index (Phi) is 3.35. The van der Waals surface area contributed by atoms with Crippen LogP contribution in [0.3, 0.4) is 0 Å². The van der Waals surface area contributed by atoms with Crippen molar-refractivity contribution in [3.05, 3.63) is 40.6 Å². The van der Waals surface area contributed by atoms with Crippen LogP contribution in [0.5, 0.6) is 0 Å². The molecule has 6 nitrogen and oxygen atoms in total. The third-order valence-electron chi connectivity index (χ3n) is 1.61. The number of nitriles is 1. The van der Waals surface area contributed by atoms with Gasteiger partial charge in [0.1, 0.15) is 6.07 Å². The van der Waals surface area contributed by atoms with Crippen LogP contribution in [0.4, 0.5) is 11.5 Å². The van der Waals surface area contributed by atoms with Gasteiger partial charge in [0.25, 0.3) is 0 Å². The first-order valence-electron chi connectivity index (χ1n) is 4.08. The van der Waals surface area contributed by atoms with E-state index in [1.807, 2.05) is 0 Å². The minimum atomic E-state index is -0.584. The van der Waals surface area contributed by atoms with E-state index in [0.29, 0.717) is 6.54 Å². The summed E-state index contributed by atoms with van der Waals surface area (Å²) in [4.78, 5) is 13.8. The second-order valence-corrected chi connectivity index (χ2v) is 2.63. The molecular formula is C9H8N4O2. The second kappa shape index (κ2) is 4.72. The number of nitrogens with zero attached hydrogens (tertiary/aromatic N) is 3. The lowest BCUT2D eigenvalue weighted by Crippen LogP contribution is -2.04. The molecule has 0 aliphatic rings. The molecule has 1 rings (SSSR count). The fourth-order valence-electron chi connectivity index (χ4n) is 0.959. The molecule has 0 spiro atoms. The normalized spacial score (nSPS) is 9.00. The average molecular weight is 204 g/mol. The van der Waals surface area contributed by atoms with E-state index in [-0.39, 0.29) is 17.1 Å². The molecule has 15 heavy (non-hydrogen) atoms. The Balaban J connectivity index is 3.10. The van der Waals surface area contributed by atoms with Crippen molar-refractivity contribution in [3.8, 4) is 6.07 Å². The molecule has 0 unspecified atom stereocenters. The number of hydrogen-bond acceptors (Lipinski definition) is 5. The highest BCUT2D eigenvalue weighted by Gasteiger charge is 2.15. The largest absolute Gasteiger partial charge is 0.361 e. The maximum Gasteiger partial charge on any atom is 0.312 e. The first kappa shape index (κ1) is 10.7. The van der Waals surface area contributed by atoms with Gasteiger partial charge in [0, 0.05) is 18.8 Å². The molecule has 0 aliphatic heterocycles. The van der Waals surface area contributed by atoms with Crippen LogP contribution in [-0.2, 0) is 0 Å². The smallest absolute Gasteiger partial charge is 0.312 e. The molecule has 0 saturated heterocycles. The van der Waals surface area contributed by atoms with Crippen LogP contribution in [0.25, 0.3) is 0 Å². The third-order valence-corrected chi connectivity index (χ3v) is 1.61. The fraction of sp³-hybridized carbons (Fsp3) is 0.111. The van der Waals surface area contributed by atoms with Crippen LogP contribution in [-0.4, -0.2) is 16.5 Å². The summed E-state index contributed by atoms with van der Waals surface area (Å²) < 4.78 is 0. The molecule has 0 amide bonds. The van der Waals surface area contributed by atoms with Gasteiger partial charge in [-0.2, -0.15) is 5.26 Å². The minimum absolute atomic E-state index is 0.138. The topological polar surface area (TPSA) is 91.8 Å². The Labute approximate surface area is 86.0 Å². The van der Waals surface area contributed by atoms with Crippen LogP contribution in [0, 0.1) is 21.4 Å². The highest BCUT2D eigenvalue weighted by atomic mass is 16.6. The van der Waals surface area contributed by atoms with Crippen molar-refractivity contribution >= 4 is 11.5 Å². The Morgan fingerprint density at radius 3 is 3.07 bits per heavy atom. The molecule has 0 radical (unpaired) electrons. The Hall–Kier alpha value is -2.42. The van der Waals surface area contributed by atoms with Gasteiger partial charge in [0.05, 0.1) is 10.5 Å². The van der Waals surface area contributed by atoms with E-state index >= 15 is 0 Å². The van der Waals surface area contributed by atoms with Gasteiger partial charge in [-0.25, -0.2) is 4.98 Å². The van der Waals surface area contributed by atoms with Crippen molar-refractivity contribution < 1.29 is 4.92 Å². The highest BCUT2D eigenvalue weighted by molar-refractivity contribution is 5.58. The molecular weight excluding hydrogens is 196 g/mol. The van der Waals surface area contributed by atoms with E-state index < -0.39 is 4.92 Å². The molecule has 1 aromatic rings. The lowest BCUT2D eigenvalue weighted by molar-refractivity contribution is -0.384. The number of aromatic nitrogens is 1. The molecule has 76 valence electrons. The van der Waals surface area contributed by atoms with E-state index in [9.17, 15) is 10.1 Å². The van der Waals surface area contributed by atoms with E-state index in [4.69, 9.17) is 5.26 Å². The summed E-state index contributed by atoms with van der Waals surface area (Å²) in [5, 5.41) is 21.9. The summed E-state index contributed by atoms with van der Waals surface area (Å²) in [7, 11) is 0. The lowest BCUT2D eigenvalue weighted by atomic mass is 10.3. The lowest BCUT2D eigenvalue weighted by Gasteiger charge is -2.02. The Morgan fingerprint density at radius 2 is 2.53 bits per heavy atom. The minimum Gasteiger partial charge on any atom is -0.361 e. The van der Waals surface area contributed by atoms with Crippen molar-refractivity contribution in [1.82, 2.24) is 4.98 Å². The van der Waals surface area contributed by atoms with Gasteiger partial charge in [-0.15, -0.1) is 6.58 Å². The van der Waals surface area contributed by atoms with Gasteiger partial charge in [0.15, 0.2) is 0 Å². The van der Waals surface area contributed by atoms with E-state index in [1.54, 1.807) is 12.1 Å². The number of anilines is 1. The molecule has 0 bridgehead atoms. The number of nitrogens with one attached hydrogen (secondary N) is 1. The molecule has 0 aromatic carbocycles. The van der Waals surface area contributed by atoms with Crippen molar-refractivity contribution in [3.63, 3.8) is 0 Å². The van der Waals surface area contributed by atoms with Gasteiger partial charge in [-0.05, 0) is 0 Å². The van der Waals surface area contributed by atoms with Gasteiger partial charge in [-0.3, -0.25) is 10.1 Å². The molecule has 6 heteroatoms. The van der Waals surface area contributed by atoms with E-state index in [2.05, 4.69) is 16.9 Å². The molecule has 0 fully saturated rings. The maximum atomic E-state index is 10.6. The fourth-order valence-corrected chi connectivity index (χ4v) is 0.959.